The Balaban J connectivity index is 1.84. The van der Waals surface area contributed by atoms with Crippen molar-refractivity contribution in [3.05, 3.63) is 35.5 Å². The molecule has 0 saturated carbocycles. The summed E-state index contributed by atoms with van der Waals surface area (Å²) in [6.45, 7) is 5.35. The van der Waals surface area contributed by atoms with Gasteiger partial charge in [0.05, 0.1) is 18.4 Å². The molecule has 0 aliphatic rings. The van der Waals surface area contributed by atoms with Gasteiger partial charge >= 0.3 is 0 Å². The number of nitrogens with one attached hydrogen (secondary N) is 1. The van der Waals surface area contributed by atoms with Crippen LogP contribution >= 0.6 is 0 Å². The third kappa shape index (κ3) is 4.18. The molecular weight excluding hydrogens is 242 g/mol. The maximum absolute atomic E-state index is 5.32. The largest absolute Gasteiger partial charge is 0.360 e. The average molecular weight is 263 g/mol. The van der Waals surface area contributed by atoms with Crippen LogP contribution in [0.4, 0.5) is 0 Å². The van der Waals surface area contributed by atoms with E-state index in [0.717, 1.165) is 37.6 Å². The fraction of sp³-hybridized carbons (Fsp3) is 0.538. The predicted octanol–water partition coefficient (Wildman–Crippen LogP) is 1.15. The highest BCUT2D eigenvalue weighted by molar-refractivity contribution is 5.06. The number of aryl methyl sites for hydroxylation is 1. The first kappa shape index (κ1) is 13.8. The minimum Gasteiger partial charge on any atom is -0.360 e. The van der Waals surface area contributed by atoms with Gasteiger partial charge in [-0.05, 0) is 13.6 Å². The van der Waals surface area contributed by atoms with E-state index in [1.165, 1.54) is 5.56 Å². The van der Waals surface area contributed by atoms with Crippen molar-refractivity contribution in [3.8, 4) is 0 Å². The molecule has 0 aliphatic heterocycles. The first-order chi connectivity index (χ1) is 9.17. The molecule has 2 heterocycles. The maximum Gasteiger partial charge on any atom is 0.151 e. The number of hydrogen-bond acceptors (Lipinski definition) is 5. The molecule has 0 fully saturated rings. The quantitative estimate of drug-likeness (QED) is 0.812. The maximum atomic E-state index is 5.32. The highest BCUT2D eigenvalue weighted by Gasteiger charge is 2.08. The Bertz CT molecular complexity index is 505. The van der Waals surface area contributed by atoms with E-state index < -0.39 is 0 Å². The van der Waals surface area contributed by atoms with E-state index in [-0.39, 0.29) is 0 Å². The van der Waals surface area contributed by atoms with Crippen LogP contribution in [-0.2, 0) is 26.7 Å². The van der Waals surface area contributed by atoms with Crippen molar-refractivity contribution in [2.24, 2.45) is 7.05 Å². The third-order valence-corrected chi connectivity index (χ3v) is 2.80. The van der Waals surface area contributed by atoms with Crippen molar-refractivity contribution in [3.63, 3.8) is 0 Å². The molecule has 2 rings (SSSR count). The summed E-state index contributed by atoms with van der Waals surface area (Å²) in [5.74, 6) is 0.888. The lowest BCUT2D eigenvalue weighted by Crippen LogP contribution is -2.16. The zero-order chi connectivity index (χ0) is 13.7. The van der Waals surface area contributed by atoms with Crippen LogP contribution in [-0.4, -0.2) is 33.4 Å². The van der Waals surface area contributed by atoms with Gasteiger partial charge in [0.2, 0.25) is 0 Å². The van der Waals surface area contributed by atoms with Gasteiger partial charge in [0.25, 0.3) is 0 Å². The van der Waals surface area contributed by atoms with Crippen molar-refractivity contribution < 1.29 is 4.52 Å². The van der Waals surface area contributed by atoms with Gasteiger partial charge in [0, 0.05) is 38.0 Å². The smallest absolute Gasteiger partial charge is 0.151 e. The molecule has 1 N–H and O–H groups in total. The van der Waals surface area contributed by atoms with Crippen LogP contribution in [0, 0.1) is 0 Å². The first-order valence-electron chi connectivity index (χ1n) is 6.48. The van der Waals surface area contributed by atoms with Crippen LogP contribution in [0.15, 0.2) is 23.0 Å². The topological polar surface area (TPSA) is 59.1 Å². The molecule has 0 unspecified atom stereocenters. The van der Waals surface area contributed by atoms with Crippen LogP contribution in [0.3, 0.4) is 0 Å². The summed E-state index contributed by atoms with van der Waals surface area (Å²) in [7, 11) is 3.98. The molecule has 0 aliphatic carbocycles. The van der Waals surface area contributed by atoms with Crippen molar-refractivity contribution in [2.75, 3.05) is 13.6 Å². The summed E-state index contributed by atoms with van der Waals surface area (Å²) in [4.78, 5) is 2.18. The molecule has 0 saturated heterocycles. The first-order valence-corrected chi connectivity index (χ1v) is 6.48. The van der Waals surface area contributed by atoms with E-state index >= 15 is 0 Å². The van der Waals surface area contributed by atoms with Gasteiger partial charge in [-0.3, -0.25) is 9.58 Å². The fourth-order valence-electron chi connectivity index (χ4n) is 1.95. The van der Waals surface area contributed by atoms with Crippen LogP contribution in [0.2, 0.25) is 0 Å². The van der Waals surface area contributed by atoms with Crippen LogP contribution in [0.25, 0.3) is 0 Å². The average Bonchev–Trinajstić information content (AvgIpc) is 2.96. The molecule has 104 valence electrons. The minimum absolute atomic E-state index is 0.744. The van der Waals surface area contributed by atoms with Gasteiger partial charge < -0.3 is 9.84 Å². The summed E-state index contributed by atoms with van der Waals surface area (Å²) in [5.41, 5.74) is 2.14. The number of aromatic nitrogens is 3. The van der Waals surface area contributed by atoms with Crippen molar-refractivity contribution >= 4 is 0 Å². The van der Waals surface area contributed by atoms with Gasteiger partial charge in [0.1, 0.15) is 0 Å². The molecule has 0 bridgehead atoms. The molecule has 6 heteroatoms. The second-order valence-corrected chi connectivity index (χ2v) is 4.76. The van der Waals surface area contributed by atoms with E-state index in [9.17, 15) is 0 Å². The van der Waals surface area contributed by atoms with E-state index in [1.807, 2.05) is 30.2 Å². The molecule has 19 heavy (non-hydrogen) atoms. The van der Waals surface area contributed by atoms with E-state index in [0.29, 0.717) is 0 Å². The monoisotopic (exact) mass is 263 g/mol. The molecule has 2 aromatic heterocycles. The molecular formula is C13H21N5O. The Kier molecular flexibility index (Phi) is 4.70. The second-order valence-electron chi connectivity index (χ2n) is 4.76. The molecule has 6 nitrogen and oxygen atoms in total. The van der Waals surface area contributed by atoms with Crippen molar-refractivity contribution in [2.45, 2.75) is 26.6 Å². The Morgan fingerprint density at radius 2 is 2.26 bits per heavy atom. The summed E-state index contributed by atoms with van der Waals surface area (Å²) in [5, 5.41) is 11.4. The van der Waals surface area contributed by atoms with Crippen LogP contribution < -0.4 is 5.32 Å². The number of nitrogens with zero attached hydrogens (tertiary/aromatic N) is 4. The van der Waals surface area contributed by atoms with Gasteiger partial charge in [0.15, 0.2) is 5.76 Å². The third-order valence-electron chi connectivity index (χ3n) is 2.80. The van der Waals surface area contributed by atoms with Gasteiger partial charge in [-0.25, -0.2) is 0 Å². The lowest BCUT2D eigenvalue weighted by atomic mass is 10.3. The predicted molar refractivity (Wildman–Crippen MR) is 72.3 cm³/mol. The van der Waals surface area contributed by atoms with Gasteiger partial charge in [-0.1, -0.05) is 12.1 Å². The fourth-order valence-corrected chi connectivity index (χ4v) is 1.95. The van der Waals surface area contributed by atoms with Crippen LogP contribution in [0.5, 0.6) is 0 Å². The molecule has 0 amide bonds. The summed E-state index contributed by atoms with van der Waals surface area (Å²) in [6.07, 6.45) is 3.90. The number of rotatable bonds is 7. The van der Waals surface area contributed by atoms with E-state index in [2.05, 4.69) is 34.4 Å². The lowest BCUT2D eigenvalue weighted by molar-refractivity contribution is 0.265. The SMILES string of the molecule is CCNCc1cc(CN(C)Cc2cnn(C)c2)on1. The highest BCUT2D eigenvalue weighted by atomic mass is 16.5. The molecule has 0 radical (unpaired) electrons. The zero-order valence-corrected chi connectivity index (χ0v) is 11.8. The van der Waals surface area contributed by atoms with Crippen molar-refractivity contribution in [1.29, 1.82) is 0 Å². The highest BCUT2D eigenvalue weighted by Crippen LogP contribution is 2.09. The van der Waals surface area contributed by atoms with E-state index in [4.69, 9.17) is 4.52 Å². The van der Waals surface area contributed by atoms with Gasteiger partial charge in [-0.2, -0.15) is 5.10 Å². The Morgan fingerprint density at radius 3 is 2.95 bits per heavy atom. The summed E-state index contributed by atoms with van der Waals surface area (Å²) in [6, 6.07) is 2.00. The summed E-state index contributed by atoms with van der Waals surface area (Å²) >= 11 is 0. The molecule has 0 spiro atoms. The molecule has 0 atom stereocenters. The zero-order valence-electron chi connectivity index (χ0n) is 11.8. The minimum atomic E-state index is 0.744. The molecule has 2 aromatic rings. The van der Waals surface area contributed by atoms with E-state index in [1.54, 1.807) is 0 Å². The number of hydrogen-bond donors (Lipinski definition) is 1. The lowest BCUT2D eigenvalue weighted by Gasteiger charge is -2.12. The molecule has 0 aromatic carbocycles. The Morgan fingerprint density at radius 1 is 1.42 bits per heavy atom. The Hall–Kier alpha value is -1.66. The van der Waals surface area contributed by atoms with Crippen LogP contribution in [0.1, 0.15) is 23.9 Å². The Labute approximate surface area is 113 Å². The normalized spacial score (nSPS) is 11.4. The summed E-state index contributed by atoms with van der Waals surface area (Å²) < 4.78 is 7.13. The second kappa shape index (κ2) is 6.49. The standard InChI is InChI=1S/C13H21N5O/c1-4-14-7-12-5-13(19-16-12)10-17(2)8-11-6-15-18(3)9-11/h5-6,9,14H,4,7-8,10H2,1-3H3. The van der Waals surface area contributed by atoms with Gasteiger partial charge in [-0.15, -0.1) is 0 Å². The van der Waals surface area contributed by atoms with Crippen molar-refractivity contribution in [1.82, 2.24) is 25.2 Å².